The Hall–Kier alpha value is -2.35. The van der Waals surface area contributed by atoms with Crippen LogP contribution in [0.3, 0.4) is 0 Å². The summed E-state index contributed by atoms with van der Waals surface area (Å²) < 4.78 is 0. The van der Waals surface area contributed by atoms with Crippen molar-refractivity contribution < 1.29 is 4.79 Å². The molecule has 0 aliphatic rings. The molecule has 0 unspecified atom stereocenters. The van der Waals surface area contributed by atoms with Crippen LogP contribution in [0.4, 0.5) is 0 Å². The van der Waals surface area contributed by atoms with Crippen LogP contribution in [0.2, 0.25) is 0 Å². The van der Waals surface area contributed by atoms with Gasteiger partial charge in [-0.05, 0) is 36.0 Å². The maximum absolute atomic E-state index is 12.5. The predicted octanol–water partition coefficient (Wildman–Crippen LogP) is 4.48. The zero-order chi connectivity index (χ0) is 16.5. The first kappa shape index (κ1) is 17.0. The Morgan fingerprint density at radius 1 is 1.00 bits per heavy atom. The molecule has 0 atom stereocenters. The lowest BCUT2D eigenvalue weighted by molar-refractivity contribution is -0.117. The third-order valence-corrected chi connectivity index (χ3v) is 3.63. The van der Waals surface area contributed by atoms with Crippen LogP contribution in [-0.2, 0) is 11.2 Å². The van der Waals surface area contributed by atoms with E-state index in [0.717, 1.165) is 24.0 Å². The standard InChI is InChI=1S/C21H25NO/c1-17(2)16-22-21(23)20(15-19-11-7-4-8-12-19)14-13-18-9-5-3-6-10-18/h3-12,15,17H,13-14,16H2,1-2H3,(H,22,23)/b20-15-. The van der Waals surface area contributed by atoms with Gasteiger partial charge in [0.05, 0.1) is 0 Å². The Morgan fingerprint density at radius 3 is 2.22 bits per heavy atom. The number of benzene rings is 2. The molecule has 1 N–H and O–H groups in total. The summed E-state index contributed by atoms with van der Waals surface area (Å²) >= 11 is 0. The topological polar surface area (TPSA) is 29.1 Å². The van der Waals surface area contributed by atoms with Crippen LogP contribution in [0.15, 0.2) is 66.2 Å². The van der Waals surface area contributed by atoms with E-state index >= 15 is 0 Å². The highest BCUT2D eigenvalue weighted by Crippen LogP contribution is 2.14. The van der Waals surface area contributed by atoms with Crippen LogP contribution >= 0.6 is 0 Å². The Balaban J connectivity index is 2.10. The first-order valence-electron chi connectivity index (χ1n) is 8.23. The zero-order valence-electron chi connectivity index (χ0n) is 14.0. The quantitative estimate of drug-likeness (QED) is 0.751. The molecule has 0 aromatic heterocycles. The zero-order valence-corrected chi connectivity index (χ0v) is 14.0. The molecule has 2 aromatic carbocycles. The SMILES string of the molecule is CC(C)CNC(=O)/C(=C\c1ccccc1)CCc1ccccc1. The van der Waals surface area contributed by atoms with Crippen LogP contribution in [0.1, 0.15) is 31.4 Å². The minimum absolute atomic E-state index is 0.0403. The minimum Gasteiger partial charge on any atom is -0.352 e. The fraction of sp³-hybridized carbons (Fsp3) is 0.286. The van der Waals surface area contributed by atoms with Crippen molar-refractivity contribution in [3.8, 4) is 0 Å². The van der Waals surface area contributed by atoms with Crippen molar-refractivity contribution in [2.45, 2.75) is 26.7 Å². The van der Waals surface area contributed by atoms with Crippen molar-refractivity contribution in [3.05, 3.63) is 77.4 Å². The predicted molar refractivity (Wildman–Crippen MR) is 97.0 cm³/mol. The largest absolute Gasteiger partial charge is 0.352 e. The van der Waals surface area contributed by atoms with Crippen molar-refractivity contribution in [3.63, 3.8) is 0 Å². The third-order valence-electron chi connectivity index (χ3n) is 3.63. The molecule has 2 rings (SSSR count). The lowest BCUT2D eigenvalue weighted by Crippen LogP contribution is -2.28. The molecule has 0 saturated carbocycles. The van der Waals surface area contributed by atoms with Crippen LogP contribution in [-0.4, -0.2) is 12.5 Å². The van der Waals surface area contributed by atoms with E-state index in [9.17, 15) is 4.79 Å². The summed E-state index contributed by atoms with van der Waals surface area (Å²) in [6.45, 7) is 4.91. The highest BCUT2D eigenvalue weighted by molar-refractivity contribution is 5.97. The molecule has 120 valence electrons. The maximum Gasteiger partial charge on any atom is 0.247 e. The molecular formula is C21H25NO. The molecule has 0 radical (unpaired) electrons. The summed E-state index contributed by atoms with van der Waals surface area (Å²) in [6.07, 6.45) is 3.61. The molecule has 23 heavy (non-hydrogen) atoms. The van der Waals surface area contributed by atoms with Crippen LogP contribution in [0, 0.1) is 5.92 Å². The molecular weight excluding hydrogens is 282 g/mol. The Labute approximate surface area is 139 Å². The van der Waals surface area contributed by atoms with Crippen molar-refractivity contribution >= 4 is 12.0 Å². The lowest BCUT2D eigenvalue weighted by atomic mass is 10.0. The van der Waals surface area contributed by atoms with Gasteiger partial charge in [-0.3, -0.25) is 4.79 Å². The molecule has 0 heterocycles. The number of carbonyl (C=O) groups excluding carboxylic acids is 1. The first-order chi connectivity index (χ1) is 11.1. The minimum atomic E-state index is 0.0403. The van der Waals surface area contributed by atoms with Crippen molar-refractivity contribution in [2.75, 3.05) is 6.54 Å². The highest BCUT2D eigenvalue weighted by atomic mass is 16.1. The number of amides is 1. The van der Waals surface area contributed by atoms with E-state index < -0.39 is 0 Å². The van der Waals surface area contributed by atoms with Gasteiger partial charge in [-0.15, -0.1) is 0 Å². The molecule has 0 aliphatic heterocycles. The van der Waals surface area contributed by atoms with Gasteiger partial charge in [0.25, 0.3) is 0 Å². The van der Waals surface area contributed by atoms with Gasteiger partial charge < -0.3 is 5.32 Å². The van der Waals surface area contributed by atoms with Crippen molar-refractivity contribution in [1.82, 2.24) is 5.32 Å². The number of hydrogen-bond acceptors (Lipinski definition) is 1. The second-order valence-corrected chi connectivity index (χ2v) is 6.17. The van der Waals surface area contributed by atoms with Crippen LogP contribution in [0.5, 0.6) is 0 Å². The van der Waals surface area contributed by atoms with E-state index in [2.05, 4.69) is 31.3 Å². The second-order valence-electron chi connectivity index (χ2n) is 6.17. The highest BCUT2D eigenvalue weighted by Gasteiger charge is 2.10. The average Bonchev–Trinajstić information content (AvgIpc) is 2.58. The number of hydrogen-bond donors (Lipinski definition) is 1. The van der Waals surface area contributed by atoms with Gasteiger partial charge in [-0.2, -0.15) is 0 Å². The summed E-state index contributed by atoms with van der Waals surface area (Å²) in [5.41, 5.74) is 3.15. The number of aryl methyl sites for hydroxylation is 1. The van der Waals surface area contributed by atoms with E-state index in [0.29, 0.717) is 12.5 Å². The van der Waals surface area contributed by atoms with Gasteiger partial charge in [0, 0.05) is 12.1 Å². The summed E-state index contributed by atoms with van der Waals surface area (Å²) in [7, 11) is 0. The number of carbonyl (C=O) groups is 1. The van der Waals surface area contributed by atoms with Gasteiger partial charge in [0.15, 0.2) is 0 Å². The first-order valence-corrected chi connectivity index (χ1v) is 8.23. The average molecular weight is 307 g/mol. The van der Waals surface area contributed by atoms with E-state index in [1.54, 1.807) is 0 Å². The van der Waals surface area contributed by atoms with E-state index in [4.69, 9.17) is 0 Å². The summed E-state index contributed by atoms with van der Waals surface area (Å²) in [4.78, 5) is 12.5. The van der Waals surface area contributed by atoms with E-state index in [-0.39, 0.29) is 5.91 Å². The van der Waals surface area contributed by atoms with Crippen molar-refractivity contribution in [1.29, 1.82) is 0 Å². The number of nitrogens with one attached hydrogen (secondary N) is 1. The summed E-state index contributed by atoms with van der Waals surface area (Å²) in [5.74, 6) is 0.490. The van der Waals surface area contributed by atoms with Gasteiger partial charge in [0.1, 0.15) is 0 Å². The van der Waals surface area contributed by atoms with Crippen molar-refractivity contribution in [2.24, 2.45) is 5.92 Å². The van der Waals surface area contributed by atoms with E-state index in [1.165, 1.54) is 5.56 Å². The molecule has 0 fully saturated rings. The molecule has 0 bridgehead atoms. The smallest absolute Gasteiger partial charge is 0.247 e. The Kier molecular flexibility index (Phi) is 6.61. The molecule has 0 spiro atoms. The van der Waals surface area contributed by atoms with Gasteiger partial charge >= 0.3 is 0 Å². The van der Waals surface area contributed by atoms with Crippen LogP contribution in [0.25, 0.3) is 6.08 Å². The van der Waals surface area contributed by atoms with Crippen LogP contribution < -0.4 is 5.32 Å². The Bertz CT molecular complexity index is 629. The summed E-state index contributed by atoms with van der Waals surface area (Å²) in [6, 6.07) is 20.3. The van der Waals surface area contributed by atoms with Gasteiger partial charge in [-0.25, -0.2) is 0 Å². The lowest BCUT2D eigenvalue weighted by Gasteiger charge is -2.11. The third kappa shape index (κ3) is 6.11. The molecule has 2 nitrogen and oxygen atoms in total. The van der Waals surface area contributed by atoms with Gasteiger partial charge in [0.2, 0.25) is 5.91 Å². The monoisotopic (exact) mass is 307 g/mol. The molecule has 2 heteroatoms. The Morgan fingerprint density at radius 2 is 1.61 bits per heavy atom. The van der Waals surface area contributed by atoms with E-state index in [1.807, 2.05) is 54.6 Å². The second kappa shape index (κ2) is 8.94. The van der Waals surface area contributed by atoms with Gasteiger partial charge in [-0.1, -0.05) is 74.5 Å². The number of rotatable bonds is 7. The molecule has 2 aromatic rings. The fourth-order valence-electron chi connectivity index (χ4n) is 2.34. The molecule has 0 saturated heterocycles. The fourth-order valence-corrected chi connectivity index (χ4v) is 2.34. The summed E-state index contributed by atoms with van der Waals surface area (Å²) in [5, 5.41) is 3.03. The maximum atomic E-state index is 12.5. The molecule has 0 aliphatic carbocycles. The normalized spacial score (nSPS) is 11.5. The molecule has 1 amide bonds.